The van der Waals surface area contributed by atoms with Crippen LogP contribution in [-0.2, 0) is 25.2 Å². The molecule has 0 aromatic heterocycles. The number of aliphatic hydroxyl groups is 5. The molecule has 0 spiro atoms. The summed E-state index contributed by atoms with van der Waals surface area (Å²) in [4.78, 5) is 30.7. The summed E-state index contributed by atoms with van der Waals surface area (Å²) < 4.78 is 4.63. The minimum Gasteiger partial charge on any atom is -0.394 e. The van der Waals surface area contributed by atoms with Gasteiger partial charge in [-0.25, -0.2) is 0 Å². The van der Waals surface area contributed by atoms with Gasteiger partial charge >= 0.3 is 0 Å². The smallest absolute Gasteiger partial charge is 0.219 e. The second-order valence-electron chi connectivity index (χ2n) is 15.6. The normalized spacial score (nSPS) is 19.7. The highest BCUT2D eigenvalue weighted by Gasteiger charge is 2.52. The van der Waals surface area contributed by atoms with Crippen molar-refractivity contribution in [1.29, 1.82) is 0 Å². The predicted octanol–water partition coefficient (Wildman–Crippen LogP) is 6.21. The molecule has 0 aliphatic carbocycles. The number of carbonyl (C=O) groups is 2. The SMILES string of the molecule is CCC(=O)C(CC(C)N(C)C)(c1ccccc1)c1ccccc1.CCC(=O)C(CC(C)N(C)C)(c1ccccc1)c1ccccc1.Cl.Cl.OC[C@H]1O[C@](O)(CO)[C@@H](O)[C@@H]1O. The van der Waals surface area contributed by atoms with Crippen molar-refractivity contribution in [1.82, 2.24) is 9.80 Å². The van der Waals surface area contributed by atoms with Gasteiger partial charge in [-0.15, -0.1) is 24.8 Å². The van der Waals surface area contributed by atoms with Crippen LogP contribution in [0.15, 0.2) is 121 Å². The molecule has 6 atom stereocenters. The maximum Gasteiger partial charge on any atom is 0.219 e. The first-order chi connectivity index (χ1) is 27.6. The van der Waals surface area contributed by atoms with Gasteiger partial charge in [-0.05, 0) is 77.1 Å². The highest BCUT2D eigenvalue weighted by molar-refractivity contribution is 5.94. The zero-order valence-corrected chi connectivity index (χ0v) is 38.0. The van der Waals surface area contributed by atoms with E-state index in [-0.39, 0.29) is 36.4 Å². The van der Waals surface area contributed by atoms with Crippen LogP contribution in [0.4, 0.5) is 0 Å². The van der Waals surface area contributed by atoms with Crippen molar-refractivity contribution in [2.75, 3.05) is 41.4 Å². The molecule has 332 valence electrons. The molecule has 4 aromatic carbocycles. The van der Waals surface area contributed by atoms with Crippen LogP contribution in [0.25, 0.3) is 0 Å². The Morgan fingerprint density at radius 1 is 0.617 bits per heavy atom. The number of hydrogen-bond donors (Lipinski definition) is 5. The molecule has 10 nitrogen and oxygen atoms in total. The van der Waals surface area contributed by atoms with E-state index in [1.54, 1.807) is 0 Å². The average molecular weight is 872 g/mol. The van der Waals surface area contributed by atoms with E-state index in [0.29, 0.717) is 24.9 Å². The Balaban J connectivity index is 0.000000464. The number of halogens is 2. The van der Waals surface area contributed by atoms with Gasteiger partial charge in [0.1, 0.15) is 29.9 Å². The van der Waals surface area contributed by atoms with E-state index in [1.807, 2.05) is 86.6 Å². The molecular weight excluding hydrogens is 803 g/mol. The van der Waals surface area contributed by atoms with Crippen LogP contribution in [0, 0.1) is 0 Å². The minimum atomic E-state index is -2.16. The largest absolute Gasteiger partial charge is 0.394 e. The van der Waals surface area contributed by atoms with E-state index in [0.717, 1.165) is 35.1 Å². The Bertz CT molecular complexity index is 1610. The topological polar surface area (TPSA) is 151 Å². The van der Waals surface area contributed by atoms with Crippen LogP contribution in [0.5, 0.6) is 0 Å². The average Bonchev–Trinajstić information content (AvgIpc) is 3.49. The Hall–Kier alpha value is -3.52. The van der Waals surface area contributed by atoms with E-state index in [1.165, 1.54) is 0 Å². The van der Waals surface area contributed by atoms with Gasteiger partial charge < -0.3 is 40.1 Å². The minimum absolute atomic E-state index is 0. The second kappa shape index (κ2) is 25.4. The number of rotatable bonds is 16. The van der Waals surface area contributed by atoms with Gasteiger partial charge in [-0.3, -0.25) is 9.59 Å². The van der Waals surface area contributed by atoms with Crippen LogP contribution in [0.2, 0.25) is 0 Å². The lowest BCUT2D eigenvalue weighted by atomic mass is 9.67. The lowest BCUT2D eigenvalue weighted by Gasteiger charge is -2.37. The van der Waals surface area contributed by atoms with E-state index >= 15 is 0 Å². The fourth-order valence-electron chi connectivity index (χ4n) is 7.57. The molecule has 0 saturated carbocycles. The zero-order chi connectivity index (χ0) is 43.1. The second-order valence-corrected chi connectivity index (χ2v) is 15.6. The first-order valence-electron chi connectivity index (χ1n) is 20.2. The van der Waals surface area contributed by atoms with Crippen molar-refractivity contribution < 1.29 is 39.9 Å². The highest BCUT2D eigenvalue weighted by Crippen LogP contribution is 2.41. The predicted molar refractivity (Wildman–Crippen MR) is 244 cm³/mol. The molecule has 1 aliphatic rings. The first kappa shape index (κ1) is 54.5. The van der Waals surface area contributed by atoms with E-state index in [9.17, 15) is 14.7 Å². The van der Waals surface area contributed by atoms with Crippen molar-refractivity contribution >= 4 is 36.4 Å². The van der Waals surface area contributed by atoms with Gasteiger partial charge in [0.2, 0.25) is 5.79 Å². The highest BCUT2D eigenvalue weighted by atomic mass is 35.5. The number of aliphatic hydroxyl groups excluding tert-OH is 4. The fourth-order valence-corrected chi connectivity index (χ4v) is 7.57. The van der Waals surface area contributed by atoms with Gasteiger partial charge in [0.05, 0.1) is 24.0 Å². The number of ketones is 2. The van der Waals surface area contributed by atoms with Gasteiger partial charge in [-0.1, -0.05) is 135 Å². The van der Waals surface area contributed by atoms with Crippen molar-refractivity contribution in [3.8, 4) is 0 Å². The maximum absolute atomic E-state index is 13.2. The third-order valence-corrected chi connectivity index (χ3v) is 11.6. The number of hydrogen-bond acceptors (Lipinski definition) is 10. The Labute approximate surface area is 370 Å². The van der Waals surface area contributed by atoms with Gasteiger partial charge in [-0.2, -0.15) is 0 Å². The monoisotopic (exact) mass is 870 g/mol. The standard InChI is InChI=1S/2C21H27NO.C6H12O6.2ClH/c2*1-5-20(23)21(16-17(2)22(3)4,18-12-8-6-9-13-18)19-14-10-7-11-15-19;7-1-3-4(9)5(10)6(11,2-8)12-3;;/h2*6-15,17H,5,16H2,1-4H3;3-5,7-11H,1-2H2;2*1H/t;;3-,4-,5+,6-;;/m..1../s1. The zero-order valence-electron chi connectivity index (χ0n) is 36.3. The van der Waals surface area contributed by atoms with Gasteiger partial charge in [0.25, 0.3) is 0 Å². The quantitative estimate of drug-likeness (QED) is 0.0880. The molecule has 1 fully saturated rings. The molecule has 4 aromatic rings. The van der Waals surface area contributed by atoms with Gasteiger partial charge in [0.15, 0.2) is 0 Å². The molecule has 0 radical (unpaired) electrons. The summed E-state index contributed by atoms with van der Waals surface area (Å²) in [6.45, 7) is 6.93. The summed E-state index contributed by atoms with van der Waals surface area (Å²) in [6, 6.07) is 41.5. The third-order valence-electron chi connectivity index (χ3n) is 11.6. The van der Waals surface area contributed by atoms with Crippen molar-refractivity contribution in [3.05, 3.63) is 144 Å². The fraction of sp³-hybridized carbons (Fsp3) is 0.458. The van der Waals surface area contributed by atoms with Crippen LogP contribution >= 0.6 is 24.8 Å². The molecular formula is C48H68Cl2N2O8. The molecule has 0 amide bonds. The number of Topliss-reactive ketones (excluding diaryl/α,β-unsaturated/α-hetero) is 2. The lowest BCUT2D eigenvalue weighted by molar-refractivity contribution is -0.248. The lowest BCUT2D eigenvalue weighted by Crippen LogP contribution is -2.46. The molecule has 12 heteroatoms. The Morgan fingerprint density at radius 3 is 1.08 bits per heavy atom. The molecule has 2 unspecified atom stereocenters. The van der Waals surface area contributed by atoms with Gasteiger partial charge in [0, 0.05) is 24.9 Å². The molecule has 1 heterocycles. The summed E-state index contributed by atoms with van der Waals surface area (Å²) in [5, 5.41) is 44.7. The Kier molecular flexibility index (Phi) is 23.1. The van der Waals surface area contributed by atoms with Crippen LogP contribution in [0.3, 0.4) is 0 Å². The van der Waals surface area contributed by atoms with E-state index in [2.05, 4.69) is 105 Å². The summed E-state index contributed by atoms with van der Waals surface area (Å²) in [5.74, 6) is -1.60. The number of ether oxygens (including phenoxy) is 1. The third kappa shape index (κ3) is 12.8. The molecule has 1 saturated heterocycles. The van der Waals surface area contributed by atoms with Crippen LogP contribution in [0.1, 0.15) is 75.6 Å². The maximum atomic E-state index is 13.2. The summed E-state index contributed by atoms with van der Waals surface area (Å²) in [7, 11) is 8.29. The van der Waals surface area contributed by atoms with Crippen molar-refractivity contribution in [3.63, 3.8) is 0 Å². The molecule has 60 heavy (non-hydrogen) atoms. The van der Waals surface area contributed by atoms with Crippen LogP contribution < -0.4 is 0 Å². The molecule has 5 N–H and O–H groups in total. The Morgan fingerprint density at radius 2 is 0.900 bits per heavy atom. The molecule has 0 bridgehead atoms. The molecule has 1 aliphatic heterocycles. The van der Waals surface area contributed by atoms with E-state index < -0.39 is 48.1 Å². The summed E-state index contributed by atoms with van der Waals surface area (Å²) >= 11 is 0. The summed E-state index contributed by atoms with van der Waals surface area (Å²) in [6.07, 6.45) is -1.42. The van der Waals surface area contributed by atoms with Crippen LogP contribution in [-0.4, -0.2) is 124 Å². The molecule has 5 rings (SSSR count). The number of nitrogens with zero attached hydrogens (tertiary/aromatic N) is 2. The van der Waals surface area contributed by atoms with Crippen molar-refractivity contribution in [2.45, 2.75) is 100 Å². The first-order valence-corrected chi connectivity index (χ1v) is 20.2. The van der Waals surface area contributed by atoms with Crippen molar-refractivity contribution in [2.24, 2.45) is 0 Å². The van der Waals surface area contributed by atoms with E-state index in [4.69, 9.17) is 20.4 Å². The number of carbonyl (C=O) groups excluding carboxylic acids is 2. The number of benzene rings is 4. The summed E-state index contributed by atoms with van der Waals surface area (Å²) in [5.41, 5.74) is 3.19.